The Morgan fingerprint density at radius 3 is 2.34 bits per heavy atom. The first-order chi connectivity index (χ1) is 22.5. The van der Waals surface area contributed by atoms with Crippen molar-refractivity contribution in [2.24, 2.45) is 0 Å². The van der Waals surface area contributed by atoms with Crippen molar-refractivity contribution in [1.29, 1.82) is 0 Å². The number of morpholine rings is 1. The standard InChI is InChI=1S/C32H28F4N6O3S2/c1-18(2)31-40-28(19-14-20(33)16-22(15-19)41-47(43,44)30-23(34)4-3-5-24(30)35)29(46-31)26-8-9-37-32(39-26)38-21-6-7-27(25(36)17-21)42-10-12-45-13-11-42/h3-9,14-18,41H,10-13H2,1-2H3,(H,37,38,39). The summed E-state index contributed by atoms with van der Waals surface area (Å²) in [6.07, 6.45) is 1.51. The van der Waals surface area contributed by atoms with Crippen LogP contribution in [0.2, 0.25) is 0 Å². The van der Waals surface area contributed by atoms with Crippen LogP contribution in [0.15, 0.2) is 71.8 Å². The van der Waals surface area contributed by atoms with Crippen molar-refractivity contribution < 1.29 is 30.7 Å². The molecule has 2 N–H and O–H groups in total. The molecule has 1 saturated heterocycles. The van der Waals surface area contributed by atoms with Crippen LogP contribution in [-0.2, 0) is 14.8 Å². The molecule has 9 nitrogen and oxygen atoms in total. The molecular formula is C32H28F4N6O3S2. The maximum absolute atomic E-state index is 15.0. The van der Waals surface area contributed by atoms with E-state index in [1.807, 2.05) is 18.7 Å². The van der Waals surface area contributed by atoms with Gasteiger partial charge < -0.3 is 15.0 Å². The zero-order valence-corrected chi connectivity index (χ0v) is 26.7. The Bertz CT molecular complexity index is 2030. The van der Waals surface area contributed by atoms with Crippen molar-refractivity contribution in [3.05, 3.63) is 95.1 Å². The number of hydrogen-bond acceptors (Lipinski definition) is 9. The fraction of sp³-hybridized carbons (Fsp3) is 0.219. The Kier molecular flexibility index (Phi) is 9.12. The van der Waals surface area contributed by atoms with Crippen LogP contribution < -0.4 is 14.9 Å². The molecule has 5 aromatic rings. The van der Waals surface area contributed by atoms with Crippen LogP contribution in [0, 0.1) is 23.3 Å². The lowest BCUT2D eigenvalue weighted by molar-refractivity contribution is 0.122. The Morgan fingerprint density at radius 2 is 1.64 bits per heavy atom. The van der Waals surface area contributed by atoms with Gasteiger partial charge in [0.05, 0.1) is 45.9 Å². The molecule has 6 rings (SSSR count). The molecule has 0 aliphatic carbocycles. The van der Waals surface area contributed by atoms with Gasteiger partial charge in [-0.1, -0.05) is 19.9 Å². The number of thiazole rings is 1. The fourth-order valence-corrected chi connectivity index (χ4v) is 7.24. The fourth-order valence-electron chi connectivity index (χ4n) is 5.00. The van der Waals surface area contributed by atoms with Gasteiger partial charge in [-0.2, -0.15) is 0 Å². The number of nitrogens with zero attached hydrogens (tertiary/aromatic N) is 4. The van der Waals surface area contributed by atoms with Crippen molar-refractivity contribution in [2.75, 3.05) is 41.2 Å². The number of ether oxygens (including phenoxy) is 1. The van der Waals surface area contributed by atoms with E-state index < -0.39 is 38.2 Å². The number of rotatable bonds is 9. The van der Waals surface area contributed by atoms with Gasteiger partial charge in [-0.3, -0.25) is 4.72 Å². The van der Waals surface area contributed by atoms with E-state index in [0.717, 1.165) is 24.3 Å². The summed E-state index contributed by atoms with van der Waals surface area (Å²) in [7, 11) is -4.76. The van der Waals surface area contributed by atoms with Crippen molar-refractivity contribution in [2.45, 2.75) is 24.7 Å². The maximum Gasteiger partial charge on any atom is 0.267 e. The van der Waals surface area contributed by atoms with Crippen LogP contribution in [0.25, 0.3) is 21.8 Å². The van der Waals surface area contributed by atoms with Crippen LogP contribution in [0.3, 0.4) is 0 Å². The molecule has 15 heteroatoms. The van der Waals surface area contributed by atoms with Gasteiger partial charge in [0.25, 0.3) is 10.0 Å². The van der Waals surface area contributed by atoms with Crippen molar-refractivity contribution in [3.63, 3.8) is 0 Å². The first kappa shape index (κ1) is 32.3. The number of halogens is 4. The van der Waals surface area contributed by atoms with Crippen molar-refractivity contribution in [3.8, 4) is 21.8 Å². The van der Waals surface area contributed by atoms with Gasteiger partial charge in [0.1, 0.15) is 23.3 Å². The molecule has 3 heterocycles. The largest absolute Gasteiger partial charge is 0.378 e. The molecule has 0 saturated carbocycles. The van der Waals surface area contributed by atoms with Crippen LogP contribution in [0.1, 0.15) is 24.8 Å². The predicted octanol–water partition coefficient (Wildman–Crippen LogP) is 7.33. The first-order valence-corrected chi connectivity index (χ1v) is 16.8. The Balaban J connectivity index is 1.32. The second kappa shape index (κ2) is 13.3. The number of hydrogen-bond donors (Lipinski definition) is 2. The number of benzene rings is 3. The zero-order valence-electron chi connectivity index (χ0n) is 25.1. The topological polar surface area (TPSA) is 109 Å². The summed E-state index contributed by atoms with van der Waals surface area (Å²) in [5.41, 5.74) is 1.56. The lowest BCUT2D eigenvalue weighted by Crippen LogP contribution is -2.36. The van der Waals surface area contributed by atoms with E-state index in [2.05, 4.69) is 20.0 Å². The van der Waals surface area contributed by atoms with E-state index in [0.29, 0.717) is 59.0 Å². The van der Waals surface area contributed by atoms with Gasteiger partial charge in [-0.15, -0.1) is 11.3 Å². The van der Waals surface area contributed by atoms with E-state index in [1.54, 1.807) is 18.2 Å². The Morgan fingerprint density at radius 1 is 0.894 bits per heavy atom. The quantitative estimate of drug-likeness (QED) is 0.156. The summed E-state index contributed by atoms with van der Waals surface area (Å²) in [4.78, 5) is 14.9. The van der Waals surface area contributed by atoms with Gasteiger partial charge in [-0.05, 0) is 54.6 Å². The molecule has 1 aliphatic heterocycles. The van der Waals surface area contributed by atoms with Gasteiger partial charge in [0.15, 0.2) is 4.90 Å². The van der Waals surface area contributed by atoms with Crippen LogP contribution >= 0.6 is 11.3 Å². The smallest absolute Gasteiger partial charge is 0.267 e. The van der Waals surface area contributed by atoms with Gasteiger partial charge in [0.2, 0.25) is 5.95 Å². The lowest BCUT2D eigenvalue weighted by Gasteiger charge is -2.29. The minimum absolute atomic E-state index is 0.0181. The third-order valence-electron chi connectivity index (χ3n) is 7.19. The molecule has 3 aromatic carbocycles. The van der Waals surface area contributed by atoms with E-state index in [9.17, 15) is 21.6 Å². The number of nitrogens with one attached hydrogen (secondary N) is 2. The SMILES string of the molecule is CC(C)c1nc(-c2cc(F)cc(NS(=O)(=O)c3c(F)cccc3F)c2)c(-c2ccnc(Nc3ccc(N4CCOCC4)c(F)c3)n2)s1. The molecule has 1 fully saturated rings. The van der Waals surface area contributed by atoms with E-state index in [4.69, 9.17) is 9.72 Å². The molecule has 1 aliphatic rings. The van der Waals surface area contributed by atoms with Crippen molar-refractivity contribution in [1.82, 2.24) is 15.0 Å². The molecule has 0 radical (unpaired) electrons. The highest BCUT2D eigenvalue weighted by Gasteiger charge is 2.25. The summed E-state index contributed by atoms with van der Waals surface area (Å²) in [5.74, 6) is -3.65. The number of aromatic nitrogens is 3. The summed E-state index contributed by atoms with van der Waals surface area (Å²) >= 11 is 1.31. The van der Waals surface area contributed by atoms with Crippen LogP contribution in [0.4, 0.5) is 40.6 Å². The monoisotopic (exact) mass is 684 g/mol. The third-order valence-corrected chi connectivity index (χ3v) is 10.0. The molecule has 47 heavy (non-hydrogen) atoms. The summed E-state index contributed by atoms with van der Waals surface area (Å²) in [5, 5.41) is 3.72. The molecule has 0 atom stereocenters. The number of sulfonamides is 1. The Labute approximate surface area is 272 Å². The molecule has 0 amide bonds. The highest BCUT2D eigenvalue weighted by molar-refractivity contribution is 7.92. The predicted molar refractivity (Wildman–Crippen MR) is 173 cm³/mol. The van der Waals surface area contributed by atoms with Gasteiger partial charge >= 0.3 is 0 Å². The normalized spacial score (nSPS) is 13.6. The van der Waals surface area contributed by atoms with Crippen molar-refractivity contribution >= 4 is 44.4 Å². The van der Waals surface area contributed by atoms with Gasteiger partial charge in [-0.25, -0.2) is 40.9 Å². The molecule has 2 aromatic heterocycles. The zero-order chi connectivity index (χ0) is 33.3. The highest BCUT2D eigenvalue weighted by atomic mass is 32.2. The van der Waals surface area contributed by atoms with E-state index in [-0.39, 0.29) is 23.1 Å². The minimum atomic E-state index is -4.76. The second-order valence-corrected chi connectivity index (χ2v) is 13.6. The number of anilines is 4. The average molecular weight is 685 g/mol. The second-order valence-electron chi connectivity index (χ2n) is 10.9. The lowest BCUT2D eigenvalue weighted by atomic mass is 10.1. The summed E-state index contributed by atoms with van der Waals surface area (Å²) < 4.78 is 91.8. The van der Waals surface area contributed by atoms with Crippen LogP contribution in [-0.4, -0.2) is 49.7 Å². The maximum atomic E-state index is 15.0. The Hall–Kier alpha value is -4.60. The molecular weight excluding hydrogens is 657 g/mol. The molecule has 244 valence electrons. The highest BCUT2D eigenvalue weighted by Crippen LogP contribution is 2.40. The molecule has 0 spiro atoms. The average Bonchev–Trinajstić information content (AvgIpc) is 3.47. The summed E-state index contributed by atoms with van der Waals surface area (Å²) in [6.45, 7) is 6.10. The van der Waals surface area contributed by atoms with Gasteiger partial charge in [0, 0.05) is 36.5 Å². The minimum Gasteiger partial charge on any atom is -0.378 e. The van der Waals surface area contributed by atoms with Crippen LogP contribution in [0.5, 0.6) is 0 Å². The third kappa shape index (κ3) is 7.06. The van der Waals surface area contributed by atoms with E-state index >= 15 is 4.39 Å². The first-order valence-electron chi connectivity index (χ1n) is 14.5. The van der Waals surface area contributed by atoms with E-state index in [1.165, 1.54) is 35.7 Å². The summed E-state index contributed by atoms with van der Waals surface area (Å²) in [6, 6.07) is 12.4. The molecule has 0 unspecified atom stereocenters. The molecule has 0 bridgehead atoms.